The number of carbonyl (C=O) groups is 1. The Kier molecular flexibility index (Phi) is 4.74. The van der Waals surface area contributed by atoms with Gasteiger partial charge in [0.15, 0.2) is 0 Å². The average Bonchev–Trinajstić information content (AvgIpc) is 1.97. The second-order valence-electron chi connectivity index (χ2n) is 5.62. The lowest BCUT2D eigenvalue weighted by atomic mass is 9.75. The Morgan fingerprint density at radius 2 is 1.73 bits per heavy atom. The lowest BCUT2D eigenvalue weighted by Crippen LogP contribution is -2.53. The van der Waals surface area contributed by atoms with Gasteiger partial charge in [0.05, 0.1) is 6.54 Å². The molecule has 4 nitrogen and oxygen atoms in total. The summed E-state index contributed by atoms with van der Waals surface area (Å²) in [6.45, 7) is 9.09. The minimum atomic E-state index is -0.307. The van der Waals surface area contributed by atoms with Crippen molar-refractivity contribution in [1.82, 2.24) is 10.2 Å². The highest BCUT2D eigenvalue weighted by molar-refractivity contribution is 5.77. The van der Waals surface area contributed by atoms with Crippen LogP contribution in [0.4, 0.5) is 0 Å². The van der Waals surface area contributed by atoms with Gasteiger partial charge < -0.3 is 16.0 Å². The Balaban J connectivity index is 4.10. The highest BCUT2D eigenvalue weighted by Gasteiger charge is 2.33. The zero-order valence-corrected chi connectivity index (χ0v) is 10.8. The summed E-state index contributed by atoms with van der Waals surface area (Å²) in [5.74, 6) is 0.0392. The maximum atomic E-state index is 11.4. The molecule has 0 aliphatic rings. The summed E-state index contributed by atoms with van der Waals surface area (Å²) in [5.41, 5.74) is 5.62. The number of likely N-dealkylation sites (N-methyl/N-ethyl adjacent to an activating group) is 1. The van der Waals surface area contributed by atoms with Gasteiger partial charge in [-0.15, -0.1) is 0 Å². The molecular weight excluding hydrogens is 190 g/mol. The van der Waals surface area contributed by atoms with Gasteiger partial charge in [-0.2, -0.15) is 0 Å². The SMILES string of the molecule is CN(C)CC(=O)NCC(C)(C)C(C)(C)N. The van der Waals surface area contributed by atoms with Crippen LogP contribution in [0.1, 0.15) is 27.7 Å². The van der Waals surface area contributed by atoms with E-state index < -0.39 is 0 Å². The third-order valence-corrected chi connectivity index (χ3v) is 2.93. The number of rotatable bonds is 5. The summed E-state index contributed by atoms with van der Waals surface area (Å²) >= 11 is 0. The molecule has 4 heteroatoms. The molecule has 15 heavy (non-hydrogen) atoms. The number of nitrogens with zero attached hydrogens (tertiary/aromatic N) is 1. The highest BCUT2D eigenvalue weighted by Crippen LogP contribution is 2.26. The van der Waals surface area contributed by atoms with Gasteiger partial charge in [0.2, 0.25) is 5.91 Å². The van der Waals surface area contributed by atoms with Gasteiger partial charge >= 0.3 is 0 Å². The number of nitrogens with one attached hydrogen (secondary N) is 1. The predicted molar refractivity (Wildman–Crippen MR) is 63.6 cm³/mol. The van der Waals surface area contributed by atoms with Crippen molar-refractivity contribution in [3.63, 3.8) is 0 Å². The smallest absolute Gasteiger partial charge is 0.234 e. The van der Waals surface area contributed by atoms with E-state index >= 15 is 0 Å². The fourth-order valence-electron chi connectivity index (χ4n) is 0.890. The van der Waals surface area contributed by atoms with Crippen molar-refractivity contribution in [1.29, 1.82) is 0 Å². The number of hydrogen-bond acceptors (Lipinski definition) is 3. The molecule has 0 rings (SSSR count). The monoisotopic (exact) mass is 215 g/mol. The van der Waals surface area contributed by atoms with Crippen LogP contribution < -0.4 is 11.1 Å². The summed E-state index contributed by atoms with van der Waals surface area (Å²) in [4.78, 5) is 13.3. The minimum Gasteiger partial charge on any atom is -0.354 e. The van der Waals surface area contributed by atoms with E-state index in [0.29, 0.717) is 13.1 Å². The first-order valence-electron chi connectivity index (χ1n) is 5.26. The van der Waals surface area contributed by atoms with Crippen LogP contribution in [0.3, 0.4) is 0 Å². The lowest BCUT2D eigenvalue weighted by molar-refractivity contribution is -0.122. The molecule has 0 spiro atoms. The number of amides is 1. The Morgan fingerprint density at radius 3 is 2.07 bits per heavy atom. The van der Waals surface area contributed by atoms with E-state index in [1.807, 2.05) is 32.8 Å². The molecule has 0 aromatic heterocycles. The molecular formula is C11H25N3O. The second kappa shape index (κ2) is 4.94. The normalized spacial score (nSPS) is 13.1. The van der Waals surface area contributed by atoms with E-state index in [1.165, 1.54) is 0 Å². The van der Waals surface area contributed by atoms with Crippen LogP contribution >= 0.6 is 0 Å². The molecule has 3 N–H and O–H groups in total. The first-order valence-corrected chi connectivity index (χ1v) is 5.26. The van der Waals surface area contributed by atoms with Crippen LogP contribution in [-0.2, 0) is 4.79 Å². The van der Waals surface area contributed by atoms with Crippen molar-refractivity contribution >= 4 is 5.91 Å². The largest absolute Gasteiger partial charge is 0.354 e. The molecule has 0 unspecified atom stereocenters. The minimum absolute atomic E-state index is 0.0392. The fraction of sp³-hybridized carbons (Fsp3) is 0.909. The number of carbonyl (C=O) groups excluding carboxylic acids is 1. The zero-order chi connectivity index (χ0) is 12.3. The Hall–Kier alpha value is -0.610. The lowest BCUT2D eigenvalue weighted by Gasteiger charge is -2.38. The third-order valence-electron chi connectivity index (χ3n) is 2.93. The third kappa shape index (κ3) is 5.14. The number of nitrogens with two attached hydrogens (primary N) is 1. The van der Waals surface area contributed by atoms with Crippen LogP contribution in [0, 0.1) is 5.41 Å². The zero-order valence-electron chi connectivity index (χ0n) is 10.8. The summed E-state index contributed by atoms with van der Waals surface area (Å²) in [7, 11) is 3.75. The van der Waals surface area contributed by atoms with Crippen molar-refractivity contribution < 1.29 is 4.79 Å². The molecule has 0 saturated carbocycles. The fourth-order valence-corrected chi connectivity index (χ4v) is 0.890. The quantitative estimate of drug-likeness (QED) is 0.699. The molecule has 0 heterocycles. The van der Waals surface area contributed by atoms with Gasteiger partial charge in [-0.25, -0.2) is 0 Å². The molecule has 0 bridgehead atoms. The van der Waals surface area contributed by atoms with E-state index in [0.717, 1.165) is 0 Å². The van der Waals surface area contributed by atoms with Gasteiger partial charge in [0, 0.05) is 12.1 Å². The van der Waals surface area contributed by atoms with Crippen molar-refractivity contribution in [3.05, 3.63) is 0 Å². The van der Waals surface area contributed by atoms with Crippen LogP contribution in [-0.4, -0.2) is 43.5 Å². The second-order valence-corrected chi connectivity index (χ2v) is 5.62. The predicted octanol–water partition coefficient (Wildman–Crippen LogP) is 0.428. The van der Waals surface area contributed by atoms with Crippen molar-refractivity contribution in [3.8, 4) is 0 Å². The molecule has 0 aliphatic carbocycles. The molecule has 0 saturated heterocycles. The molecule has 0 aliphatic heterocycles. The Labute approximate surface area is 93.2 Å². The van der Waals surface area contributed by atoms with Gasteiger partial charge in [0.25, 0.3) is 0 Å². The Morgan fingerprint density at radius 1 is 1.27 bits per heavy atom. The summed E-state index contributed by atoms with van der Waals surface area (Å²) < 4.78 is 0. The maximum absolute atomic E-state index is 11.4. The standard InChI is InChI=1S/C11H25N3O/c1-10(2,11(3,4)12)8-13-9(15)7-14(5)6/h7-8,12H2,1-6H3,(H,13,15). The van der Waals surface area contributed by atoms with Crippen LogP contribution in [0.5, 0.6) is 0 Å². The van der Waals surface area contributed by atoms with Gasteiger partial charge in [-0.3, -0.25) is 4.79 Å². The van der Waals surface area contributed by atoms with E-state index in [2.05, 4.69) is 19.2 Å². The first-order chi connectivity index (χ1) is 6.56. The first kappa shape index (κ1) is 14.4. The average molecular weight is 215 g/mol. The Bertz CT molecular complexity index is 216. The molecule has 90 valence electrons. The van der Waals surface area contributed by atoms with Crippen LogP contribution in [0.25, 0.3) is 0 Å². The van der Waals surface area contributed by atoms with E-state index in [9.17, 15) is 4.79 Å². The van der Waals surface area contributed by atoms with Gasteiger partial charge in [-0.1, -0.05) is 13.8 Å². The summed E-state index contributed by atoms with van der Waals surface area (Å²) in [5, 5.41) is 2.90. The molecule has 0 radical (unpaired) electrons. The van der Waals surface area contributed by atoms with Gasteiger partial charge in [-0.05, 0) is 33.4 Å². The summed E-state index contributed by atoms with van der Waals surface area (Å²) in [6.07, 6.45) is 0. The van der Waals surface area contributed by atoms with Crippen LogP contribution in [0.15, 0.2) is 0 Å². The van der Waals surface area contributed by atoms with Crippen LogP contribution in [0.2, 0.25) is 0 Å². The number of hydrogen-bond donors (Lipinski definition) is 2. The maximum Gasteiger partial charge on any atom is 0.234 e. The van der Waals surface area contributed by atoms with E-state index in [1.54, 1.807) is 0 Å². The molecule has 0 aromatic carbocycles. The topological polar surface area (TPSA) is 58.4 Å². The van der Waals surface area contributed by atoms with E-state index in [4.69, 9.17) is 5.73 Å². The van der Waals surface area contributed by atoms with Crippen molar-refractivity contribution in [2.24, 2.45) is 11.1 Å². The highest BCUT2D eigenvalue weighted by atomic mass is 16.2. The molecule has 0 atom stereocenters. The van der Waals surface area contributed by atoms with E-state index in [-0.39, 0.29) is 16.9 Å². The molecule has 0 aromatic rings. The summed E-state index contributed by atoms with van der Waals surface area (Å²) in [6, 6.07) is 0. The molecule has 1 amide bonds. The van der Waals surface area contributed by atoms with Crippen molar-refractivity contribution in [2.75, 3.05) is 27.2 Å². The van der Waals surface area contributed by atoms with Crippen molar-refractivity contribution in [2.45, 2.75) is 33.2 Å². The molecule has 0 fully saturated rings. The van der Waals surface area contributed by atoms with Gasteiger partial charge in [0.1, 0.15) is 0 Å².